The summed E-state index contributed by atoms with van der Waals surface area (Å²) < 4.78 is 1.97. The summed E-state index contributed by atoms with van der Waals surface area (Å²) in [6.45, 7) is 2.25. The maximum absolute atomic E-state index is 4.19. The fourth-order valence-electron chi connectivity index (χ4n) is 0.958. The van der Waals surface area contributed by atoms with Gasteiger partial charge in [-0.05, 0) is 20.0 Å². The van der Waals surface area contributed by atoms with Gasteiger partial charge in [-0.3, -0.25) is 4.31 Å². The Morgan fingerprint density at radius 3 is 2.75 bits per heavy atom. The monoisotopic (exact) mass is 132 g/mol. The molecule has 1 saturated heterocycles. The summed E-state index contributed by atoms with van der Waals surface area (Å²) in [6.07, 6.45) is 1.24. The van der Waals surface area contributed by atoms with Crippen molar-refractivity contribution in [3.8, 4) is 0 Å². The number of nitrogens with zero attached hydrogens (tertiary/aromatic N) is 1. The molecule has 1 rings (SSSR count). The van der Waals surface area contributed by atoms with Crippen LogP contribution in [0.5, 0.6) is 0 Å². The van der Waals surface area contributed by atoms with Gasteiger partial charge in [0.05, 0.1) is 0 Å². The molecule has 1 heterocycles. The lowest BCUT2D eigenvalue weighted by Crippen LogP contribution is -2.25. The summed E-state index contributed by atoms with van der Waals surface area (Å²) >= 11 is 4.19. The van der Waals surface area contributed by atoms with E-state index >= 15 is 0 Å². The lowest BCUT2D eigenvalue weighted by Gasteiger charge is -2.14. The molecule has 3 heteroatoms. The highest BCUT2D eigenvalue weighted by molar-refractivity contribution is 7.77. The third kappa shape index (κ3) is 1.37. The Balaban J connectivity index is 2.24. The van der Waals surface area contributed by atoms with Crippen LogP contribution in [0.1, 0.15) is 6.42 Å². The third-order valence-electron chi connectivity index (χ3n) is 1.56. The molecule has 1 N–H and O–H groups in total. The summed E-state index contributed by atoms with van der Waals surface area (Å²) in [4.78, 5) is 0. The van der Waals surface area contributed by atoms with Crippen LogP contribution in [-0.4, -0.2) is 30.5 Å². The molecule has 8 heavy (non-hydrogen) atoms. The fraction of sp³-hybridized carbons (Fsp3) is 1.00. The van der Waals surface area contributed by atoms with Gasteiger partial charge in [0.25, 0.3) is 0 Å². The zero-order valence-corrected chi connectivity index (χ0v) is 5.99. The van der Waals surface area contributed by atoms with Crippen molar-refractivity contribution in [2.45, 2.75) is 12.5 Å². The molecule has 1 unspecified atom stereocenters. The Hall–Kier alpha value is 0.270. The van der Waals surface area contributed by atoms with E-state index in [2.05, 4.69) is 18.1 Å². The van der Waals surface area contributed by atoms with Crippen molar-refractivity contribution in [1.82, 2.24) is 9.62 Å². The Labute approximate surface area is 55.8 Å². The van der Waals surface area contributed by atoms with Gasteiger partial charge < -0.3 is 5.32 Å². The van der Waals surface area contributed by atoms with Gasteiger partial charge in [-0.2, -0.15) is 0 Å². The molecule has 0 radical (unpaired) electrons. The van der Waals surface area contributed by atoms with Gasteiger partial charge in [0.2, 0.25) is 0 Å². The highest BCUT2D eigenvalue weighted by atomic mass is 32.1. The van der Waals surface area contributed by atoms with Crippen LogP contribution >= 0.6 is 12.8 Å². The number of hydrogen-bond acceptors (Lipinski definition) is 3. The van der Waals surface area contributed by atoms with E-state index in [0.717, 1.165) is 13.1 Å². The van der Waals surface area contributed by atoms with Crippen LogP contribution in [0.4, 0.5) is 0 Å². The van der Waals surface area contributed by atoms with Crippen LogP contribution in [0.2, 0.25) is 0 Å². The first-order chi connectivity index (χ1) is 3.80. The number of thiol groups is 1. The molecule has 0 bridgehead atoms. The molecule has 0 amide bonds. The van der Waals surface area contributed by atoms with E-state index in [0.29, 0.717) is 6.04 Å². The summed E-state index contributed by atoms with van der Waals surface area (Å²) in [5, 5.41) is 3.26. The zero-order chi connectivity index (χ0) is 5.98. The van der Waals surface area contributed by atoms with Crippen LogP contribution in [0, 0.1) is 0 Å². The van der Waals surface area contributed by atoms with Crippen LogP contribution in [0.25, 0.3) is 0 Å². The molecule has 0 saturated carbocycles. The molecule has 1 fully saturated rings. The van der Waals surface area contributed by atoms with E-state index in [1.54, 1.807) is 0 Å². The number of rotatable bonds is 1. The first-order valence-corrected chi connectivity index (χ1v) is 3.33. The van der Waals surface area contributed by atoms with E-state index in [1.165, 1.54) is 6.42 Å². The van der Waals surface area contributed by atoms with Crippen molar-refractivity contribution in [3.05, 3.63) is 0 Å². The Kier molecular flexibility index (Phi) is 2.16. The predicted octanol–water partition coefficient (Wildman–Crippen LogP) is 0.125. The van der Waals surface area contributed by atoms with Crippen molar-refractivity contribution in [2.75, 3.05) is 20.1 Å². The molecule has 1 aliphatic heterocycles. The number of likely N-dealkylation sites (N-methyl/N-ethyl adjacent to an activating group) is 1. The second-order valence-electron chi connectivity index (χ2n) is 2.22. The molecule has 48 valence electrons. The van der Waals surface area contributed by atoms with Gasteiger partial charge in [0.1, 0.15) is 0 Å². The predicted molar refractivity (Wildman–Crippen MR) is 38.0 cm³/mol. The quantitative estimate of drug-likeness (QED) is 0.493. The van der Waals surface area contributed by atoms with Gasteiger partial charge in [-0.25, -0.2) is 0 Å². The Morgan fingerprint density at radius 1 is 1.75 bits per heavy atom. The minimum atomic E-state index is 0.651. The van der Waals surface area contributed by atoms with E-state index in [9.17, 15) is 0 Å². The standard InChI is InChI=1S/C5H12N2S/c1-7(8)5-2-3-6-4-5/h5-6,8H,2-4H2,1H3. The zero-order valence-electron chi connectivity index (χ0n) is 5.09. The SMILES string of the molecule is CN(S)C1CCNC1. The van der Waals surface area contributed by atoms with E-state index in [-0.39, 0.29) is 0 Å². The van der Waals surface area contributed by atoms with Crippen LogP contribution in [0.3, 0.4) is 0 Å². The van der Waals surface area contributed by atoms with Gasteiger partial charge in [-0.15, -0.1) is 0 Å². The molecule has 0 aromatic carbocycles. The molecule has 1 aliphatic rings. The third-order valence-corrected chi connectivity index (χ3v) is 1.89. The van der Waals surface area contributed by atoms with Gasteiger partial charge >= 0.3 is 0 Å². The molecule has 1 atom stereocenters. The summed E-state index contributed by atoms with van der Waals surface area (Å²) in [5.41, 5.74) is 0. The topological polar surface area (TPSA) is 15.3 Å². The van der Waals surface area contributed by atoms with E-state index in [4.69, 9.17) is 0 Å². The van der Waals surface area contributed by atoms with Crippen molar-refractivity contribution in [2.24, 2.45) is 0 Å². The largest absolute Gasteiger partial charge is 0.315 e. The van der Waals surface area contributed by atoms with Crippen LogP contribution in [0.15, 0.2) is 0 Å². The smallest absolute Gasteiger partial charge is 0.0334 e. The van der Waals surface area contributed by atoms with Crippen molar-refractivity contribution in [3.63, 3.8) is 0 Å². The number of hydrogen-bond donors (Lipinski definition) is 2. The van der Waals surface area contributed by atoms with E-state index < -0.39 is 0 Å². The average molecular weight is 132 g/mol. The highest BCUT2D eigenvalue weighted by Crippen LogP contribution is 2.06. The normalized spacial score (nSPS) is 29.6. The highest BCUT2D eigenvalue weighted by Gasteiger charge is 2.15. The first-order valence-electron chi connectivity index (χ1n) is 2.93. The lowest BCUT2D eigenvalue weighted by atomic mass is 10.3. The van der Waals surface area contributed by atoms with Gasteiger partial charge in [-0.1, -0.05) is 12.8 Å². The van der Waals surface area contributed by atoms with Gasteiger partial charge in [0, 0.05) is 12.6 Å². The molecule has 2 nitrogen and oxygen atoms in total. The second kappa shape index (κ2) is 2.71. The molecule has 0 aliphatic carbocycles. The summed E-state index contributed by atoms with van der Waals surface area (Å²) in [6, 6.07) is 0.651. The lowest BCUT2D eigenvalue weighted by molar-refractivity contribution is 0.441. The molecule has 0 aromatic rings. The summed E-state index contributed by atoms with van der Waals surface area (Å²) in [5.74, 6) is 0. The maximum atomic E-state index is 4.19. The Morgan fingerprint density at radius 2 is 2.50 bits per heavy atom. The molecular weight excluding hydrogens is 120 g/mol. The van der Waals surface area contributed by atoms with Crippen molar-refractivity contribution in [1.29, 1.82) is 0 Å². The van der Waals surface area contributed by atoms with E-state index in [1.807, 2.05) is 11.4 Å². The first kappa shape index (κ1) is 6.39. The van der Waals surface area contributed by atoms with Crippen LogP contribution < -0.4 is 5.32 Å². The van der Waals surface area contributed by atoms with Gasteiger partial charge in [0.15, 0.2) is 0 Å². The average Bonchev–Trinajstić information content (AvgIpc) is 2.12. The second-order valence-corrected chi connectivity index (χ2v) is 2.85. The minimum absolute atomic E-state index is 0.651. The van der Waals surface area contributed by atoms with Crippen LogP contribution in [-0.2, 0) is 0 Å². The Bertz CT molecular complexity index is 68.8. The molecule has 0 spiro atoms. The minimum Gasteiger partial charge on any atom is -0.315 e. The fourth-order valence-corrected chi connectivity index (χ4v) is 1.16. The summed E-state index contributed by atoms with van der Waals surface area (Å²) in [7, 11) is 2.00. The van der Waals surface area contributed by atoms with Crippen molar-refractivity contribution < 1.29 is 0 Å². The molecular formula is C5H12N2S. The molecule has 0 aromatic heterocycles. The number of nitrogens with one attached hydrogen (secondary N) is 1. The van der Waals surface area contributed by atoms with Crippen molar-refractivity contribution >= 4 is 12.8 Å². The maximum Gasteiger partial charge on any atom is 0.0334 e.